The third-order valence-electron chi connectivity index (χ3n) is 3.47. The van der Waals surface area contributed by atoms with Crippen molar-refractivity contribution < 1.29 is 15.4 Å². The summed E-state index contributed by atoms with van der Waals surface area (Å²) in [5, 5.41) is 16.5. The summed E-state index contributed by atoms with van der Waals surface area (Å²) in [6.45, 7) is 2.05. The molecule has 0 amide bonds. The number of aryl methyl sites for hydroxylation is 1. The lowest BCUT2D eigenvalue weighted by atomic mass is 10.1. The minimum Gasteiger partial charge on any atom is -0.481 e. The molecule has 1 heterocycles. The van der Waals surface area contributed by atoms with Crippen LogP contribution < -0.4 is 5.32 Å². The lowest BCUT2D eigenvalue weighted by Crippen LogP contribution is -2.00. The SMILES string of the molecule is Cc1ccc(-n2ccc(Nc3ccc(CC(=O)O)cc3)n2)cc1.O. The molecule has 0 aliphatic rings. The Bertz CT molecular complexity index is 808. The van der Waals surface area contributed by atoms with Gasteiger partial charge in [0.15, 0.2) is 5.82 Å². The highest BCUT2D eigenvalue weighted by molar-refractivity contribution is 5.70. The summed E-state index contributed by atoms with van der Waals surface area (Å²) < 4.78 is 1.81. The van der Waals surface area contributed by atoms with Crippen LogP contribution >= 0.6 is 0 Å². The van der Waals surface area contributed by atoms with Crippen LogP contribution in [0.5, 0.6) is 0 Å². The van der Waals surface area contributed by atoms with E-state index in [0.29, 0.717) is 0 Å². The third kappa shape index (κ3) is 4.21. The zero-order chi connectivity index (χ0) is 16.2. The van der Waals surface area contributed by atoms with Gasteiger partial charge in [-0.05, 0) is 36.8 Å². The Labute approximate surface area is 139 Å². The fourth-order valence-corrected chi connectivity index (χ4v) is 2.26. The van der Waals surface area contributed by atoms with E-state index in [1.54, 1.807) is 16.8 Å². The smallest absolute Gasteiger partial charge is 0.307 e. The second-order valence-corrected chi connectivity index (χ2v) is 5.37. The molecule has 2 aromatic carbocycles. The number of nitrogens with one attached hydrogen (secondary N) is 1. The molecule has 3 rings (SSSR count). The molecule has 6 nitrogen and oxygen atoms in total. The average Bonchev–Trinajstić information content (AvgIpc) is 2.98. The van der Waals surface area contributed by atoms with E-state index in [9.17, 15) is 4.79 Å². The Hall–Kier alpha value is -3.12. The van der Waals surface area contributed by atoms with E-state index in [-0.39, 0.29) is 11.9 Å². The largest absolute Gasteiger partial charge is 0.481 e. The van der Waals surface area contributed by atoms with Gasteiger partial charge in [0.05, 0.1) is 12.1 Å². The molecule has 0 aliphatic carbocycles. The Morgan fingerprint density at radius 1 is 1.08 bits per heavy atom. The highest BCUT2D eigenvalue weighted by Crippen LogP contribution is 2.17. The Kier molecular flexibility index (Phi) is 5.34. The molecule has 6 heteroatoms. The fraction of sp³-hybridized carbons (Fsp3) is 0.111. The number of carboxylic acids is 1. The van der Waals surface area contributed by atoms with Gasteiger partial charge in [-0.1, -0.05) is 29.8 Å². The normalized spacial score (nSPS) is 10.0. The van der Waals surface area contributed by atoms with Crippen LogP contribution in [0.3, 0.4) is 0 Å². The number of carboxylic acid groups (broad SMARTS) is 1. The van der Waals surface area contributed by atoms with E-state index in [4.69, 9.17) is 5.11 Å². The van der Waals surface area contributed by atoms with E-state index >= 15 is 0 Å². The topological polar surface area (TPSA) is 98.7 Å². The molecule has 124 valence electrons. The molecule has 0 saturated carbocycles. The van der Waals surface area contributed by atoms with Crippen LogP contribution in [0.15, 0.2) is 60.8 Å². The van der Waals surface area contributed by atoms with Gasteiger partial charge in [-0.15, -0.1) is 0 Å². The highest BCUT2D eigenvalue weighted by atomic mass is 16.4. The van der Waals surface area contributed by atoms with Gasteiger partial charge in [-0.3, -0.25) is 4.79 Å². The van der Waals surface area contributed by atoms with Crippen molar-refractivity contribution in [3.8, 4) is 5.69 Å². The maximum absolute atomic E-state index is 10.7. The molecule has 0 spiro atoms. The van der Waals surface area contributed by atoms with Gasteiger partial charge in [0, 0.05) is 18.0 Å². The monoisotopic (exact) mass is 325 g/mol. The van der Waals surface area contributed by atoms with Crippen LogP contribution in [0.2, 0.25) is 0 Å². The summed E-state index contributed by atoms with van der Waals surface area (Å²) in [6.07, 6.45) is 1.92. The minimum absolute atomic E-state index is 0. The summed E-state index contributed by atoms with van der Waals surface area (Å²) in [5.74, 6) is -0.0980. The minimum atomic E-state index is -0.831. The zero-order valence-corrected chi connectivity index (χ0v) is 13.2. The molecule has 24 heavy (non-hydrogen) atoms. The van der Waals surface area contributed by atoms with Crippen LogP contribution in [-0.2, 0) is 11.2 Å². The second kappa shape index (κ2) is 7.43. The quantitative estimate of drug-likeness (QED) is 0.753. The molecule has 0 bridgehead atoms. The van der Waals surface area contributed by atoms with Gasteiger partial charge < -0.3 is 15.9 Å². The van der Waals surface area contributed by atoms with Crippen molar-refractivity contribution in [1.29, 1.82) is 0 Å². The van der Waals surface area contributed by atoms with Gasteiger partial charge in [-0.25, -0.2) is 4.68 Å². The zero-order valence-electron chi connectivity index (χ0n) is 13.2. The lowest BCUT2D eigenvalue weighted by Gasteiger charge is -2.05. The standard InChI is InChI=1S/C18H17N3O2.H2O/c1-13-2-8-16(9-3-13)21-11-10-17(20-21)19-15-6-4-14(5-7-15)12-18(22)23;/h2-11H,12H2,1H3,(H,19,20)(H,22,23);1H2. The number of benzene rings is 2. The first kappa shape index (κ1) is 17.2. The molecule has 0 radical (unpaired) electrons. The number of hydrogen-bond donors (Lipinski definition) is 2. The van der Waals surface area contributed by atoms with Crippen molar-refractivity contribution in [3.05, 3.63) is 71.9 Å². The molecule has 0 atom stereocenters. The maximum Gasteiger partial charge on any atom is 0.307 e. The number of hydrogen-bond acceptors (Lipinski definition) is 3. The maximum atomic E-state index is 10.7. The number of aliphatic carboxylic acids is 1. The molecule has 0 saturated heterocycles. The van der Waals surface area contributed by atoms with Crippen molar-refractivity contribution >= 4 is 17.5 Å². The fourth-order valence-electron chi connectivity index (χ4n) is 2.26. The highest BCUT2D eigenvalue weighted by Gasteiger charge is 2.03. The summed E-state index contributed by atoms with van der Waals surface area (Å²) in [5.41, 5.74) is 3.85. The van der Waals surface area contributed by atoms with Crippen molar-refractivity contribution in [2.75, 3.05) is 5.32 Å². The van der Waals surface area contributed by atoms with Crippen LogP contribution in [-0.4, -0.2) is 26.3 Å². The van der Waals surface area contributed by atoms with Gasteiger partial charge in [0.1, 0.15) is 0 Å². The number of aromatic nitrogens is 2. The molecular formula is C18H19N3O3. The molecule has 0 fully saturated rings. The number of rotatable bonds is 5. The molecule has 1 aromatic heterocycles. The van der Waals surface area contributed by atoms with E-state index in [1.807, 2.05) is 55.6 Å². The number of carbonyl (C=O) groups is 1. The Balaban J connectivity index is 0.00000208. The third-order valence-corrected chi connectivity index (χ3v) is 3.47. The molecule has 0 aliphatic heterocycles. The van der Waals surface area contributed by atoms with E-state index in [1.165, 1.54) is 5.56 Å². The van der Waals surface area contributed by atoms with Crippen LogP contribution in [0.25, 0.3) is 5.69 Å². The predicted octanol–water partition coefficient (Wildman–Crippen LogP) is 2.73. The summed E-state index contributed by atoms with van der Waals surface area (Å²) in [7, 11) is 0. The van der Waals surface area contributed by atoms with Crippen LogP contribution in [0, 0.1) is 6.92 Å². The molecule has 3 aromatic rings. The van der Waals surface area contributed by atoms with Gasteiger partial charge in [0.25, 0.3) is 0 Å². The van der Waals surface area contributed by atoms with E-state index in [0.717, 1.165) is 22.8 Å². The lowest BCUT2D eigenvalue weighted by molar-refractivity contribution is -0.136. The number of anilines is 2. The van der Waals surface area contributed by atoms with Crippen molar-refractivity contribution in [2.24, 2.45) is 0 Å². The molecule has 0 unspecified atom stereocenters. The van der Waals surface area contributed by atoms with Crippen molar-refractivity contribution in [1.82, 2.24) is 9.78 Å². The molecule has 4 N–H and O–H groups in total. The first-order valence-electron chi connectivity index (χ1n) is 7.30. The first-order valence-corrected chi connectivity index (χ1v) is 7.30. The first-order chi connectivity index (χ1) is 11.1. The second-order valence-electron chi connectivity index (χ2n) is 5.37. The Morgan fingerprint density at radius 3 is 2.38 bits per heavy atom. The Morgan fingerprint density at radius 2 is 1.75 bits per heavy atom. The molecular weight excluding hydrogens is 306 g/mol. The summed E-state index contributed by atoms with van der Waals surface area (Å²) >= 11 is 0. The van der Waals surface area contributed by atoms with Crippen LogP contribution in [0.1, 0.15) is 11.1 Å². The van der Waals surface area contributed by atoms with Crippen molar-refractivity contribution in [3.63, 3.8) is 0 Å². The summed E-state index contributed by atoms with van der Waals surface area (Å²) in [6, 6.07) is 17.3. The van der Waals surface area contributed by atoms with E-state index < -0.39 is 5.97 Å². The average molecular weight is 325 g/mol. The van der Waals surface area contributed by atoms with Gasteiger partial charge in [-0.2, -0.15) is 5.10 Å². The van der Waals surface area contributed by atoms with Crippen LogP contribution in [0.4, 0.5) is 11.5 Å². The predicted molar refractivity (Wildman–Crippen MR) is 93.0 cm³/mol. The summed E-state index contributed by atoms with van der Waals surface area (Å²) in [4.78, 5) is 10.7. The van der Waals surface area contributed by atoms with Gasteiger partial charge >= 0.3 is 5.97 Å². The number of nitrogens with zero attached hydrogens (tertiary/aromatic N) is 2. The van der Waals surface area contributed by atoms with E-state index in [2.05, 4.69) is 10.4 Å². The van der Waals surface area contributed by atoms with Crippen molar-refractivity contribution in [2.45, 2.75) is 13.3 Å². The van der Waals surface area contributed by atoms with Gasteiger partial charge in [0.2, 0.25) is 0 Å².